The van der Waals surface area contributed by atoms with Crippen molar-refractivity contribution in [3.05, 3.63) is 114 Å². The third-order valence-electron chi connectivity index (χ3n) is 5.29. The van der Waals surface area contributed by atoms with Gasteiger partial charge in [0.2, 0.25) is 0 Å². The van der Waals surface area contributed by atoms with Crippen LogP contribution < -0.4 is 4.52 Å². The van der Waals surface area contributed by atoms with E-state index in [-0.39, 0.29) is 11.7 Å². The van der Waals surface area contributed by atoms with Crippen molar-refractivity contribution in [1.29, 1.82) is 0 Å². The standard InChI is InChI=1S/C26H23O4P/c1-19(20-11-5-2-6-12-20)24-17-23(21-13-7-3-8-14-21)18-25(22-15-9-4-10-16-22)26(24)30-31(27,28)29/h2-19H,1H3,(H2,27,28,29). The molecule has 0 aromatic heterocycles. The Morgan fingerprint density at radius 1 is 0.710 bits per heavy atom. The zero-order valence-corrected chi connectivity index (χ0v) is 17.9. The van der Waals surface area contributed by atoms with Crippen molar-refractivity contribution in [2.75, 3.05) is 0 Å². The lowest BCUT2D eigenvalue weighted by Crippen LogP contribution is -2.03. The first-order valence-electron chi connectivity index (χ1n) is 10.0. The normalized spacial score (nSPS) is 12.4. The van der Waals surface area contributed by atoms with Gasteiger partial charge in [-0.2, -0.15) is 0 Å². The maximum Gasteiger partial charge on any atom is 0.524 e. The van der Waals surface area contributed by atoms with Crippen molar-refractivity contribution in [3.8, 4) is 28.0 Å². The summed E-state index contributed by atoms with van der Waals surface area (Å²) in [5, 5.41) is 0. The summed E-state index contributed by atoms with van der Waals surface area (Å²) < 4.78 is 17.2. The van der Waals surface area contributed by atoms with E-state index in [1.165, 1.54) is 0 Å². The highest BCUT2D eigenvalue weighted by atomic mass is 31.2. The van der Waals surface area contributed by atoms with Crippen LogP contribution in [0.4, 0.5) is 0 Å². The third-order valence-corrected chi connectivity index (χ3v) is 5.71. The summed E-state index contributed by atoms with van der Waals surface area (Å²) in [6.45, 7) is 2.01. The van der Waals surface area contributed by atoms with Gasteiger partial charge >= 0.3 is 7.82 Å². The van der Waals surface area contributed by atoms with E-state index >= 15 is 0 Å². The molecular weight excluding hydrogens is 407 g/mol. The Labute approximate surface area is 182 Å². The molecule has 0 aliphatic heterocycles. The zero-order chi connectivity index (χ0) is 21.8. The summed E-state index contributed by atoms with van der Waals surface area (Å²) in [6.07, 6.45) is 0. The highest BCUT2D eigenvalue weighted by Gasteiger charge is 2.26. The molecule has 0 aliphatic carbocycles. The molecule has 0 bridgehead atoms. The molecule has 0 saturated carbocycles. The van der Waals surface area contributed by atoms with Crippen molar-refractivity contribution in [2.45, 2.75) is 12.8 Å². The van der Waals surface area contributed by atoms with Gasteiger partial charge in [0.25, 0.3) is 0 Å². The molecule has 0 spiro atoms. The maximum absolute atomic E-state index is 11.9. The van der Waals surface area contributed by atoms with Gasteiger partial charge in [-0.15, -0.1) is 0 Å². The summed E-state index contributed by atoms with van der Waals surface area (Å²) in [5.41, 5.74) is 5.18. The number of hydrogen-bond donors (Lipinski definition) is 2. The maximum atomic E-state index is 11.9. The average Bonchev–Trinajstić information content (AvgIpc) is 2.79. The number of rotatable bonds is 6. The van der Waals surface area contributed by atoms with Gasteiger partial charge < -0.3 is 4.52 Å². The van der Waals surface area contributed by atoms with Crippen LogP contribution in [0.25, 0.3) is 22.3 Å². The van der Waals surface area contributed by atoms with Gasteiger partial charge in [-0.05, 0) is 34.4 Å². The van der Waals surface area contributed by atoms with Crippen LogP contribution in [0.15, 0.2) is 103 Å². The predicted molar refractivity (Wildman–Crippen MR) is 124 cm³/mol. The summed E-state index contributed by atoms with van der Waals surface area (Å²) >= 11 is 0. The Bertz CT molecular complexity index is 1200. The first-order chi connectivity index (χ1) is 14.9. The van der Waals surface area contributed by atoms with Crippen molar-refractivity contribution < 1.29 is 18.9 Å². The SMILES string of the molecule is CC(c1ccccc1)c1cc(-c2ccccc2)cc(-c2ccccc2)c1OP(=O)(O)O. The fourth-order valence-corrected chi connectivity index (χ4v) is 4.19. The van der Waals surface area contributed by atoms with Crippen LogP contribution in [0.3, 0.4) is 0 Å². The molecule has 1 atom stereocenters. The Hall–Kier alpha value is -3.17. The highest BCUT2D eigenvalue weighted by molar-refractivity contribution is 7.46. The van der Waals surface area contributed by atoms with Gasteiger partial charge in [0, 0.05) is 17.0 Å². The van der Waals surface area contributed by atoms with Crippen molar-refractivity contribution in [2.24, 2.45) is 0 Å². The van der Waals surface area contributed by atoms with E-state index in [1.54, 1.807) is 0 Å². The molecular formula is C26H23O4P. The van der Waals surface area contributed by atoms with Gasteiger partial charge in [0.05, 0.1) is 0 Å². The van der Waals surface area contributed by atoms with Crippen LogP contribution in [0, 0.1) is 0 Å². The molecule has 4 nitrogen and oxygen atoms in total. The van der Waals surface area contributed by atoms with Crippen LogP contribution in [0.2, 0.25) is 0 Å². The van der Waals surface area contributed by atoms with Gasteiger partial charge in [0.1, 0.15) is 5.75 Å². The second kappa shape index (κ2) is 8.91. The Morgan fingerprint density at radius 2 is 1.23 bits per heavy atom. The van der Waals surface area contributed by atoms with Gasteiger partial charge in [-0.1, -0.05) is 97.9 Å². The molecule has 2 N–H and O–H groups in total. The van der Waals surface area contributed by atoms with Crippen LogP contribution in [-0.2, 0) is 4.57 Å². The molecule has 4 aromatic rings. The minimum absolute atomic E-state index is 0.145. The fourth-order valence-electron chi connectivity index (χ4n) is 3.74. The summed E-state index contributed by atoms with van der Waals surface area (Å²) in [7, 11) is -4.78. The van der Waals surface area contributed by atoms with Crippen LogP contribution in [0.1, 0.15) is 24.0 Å². The summed E-state index contributed by atoms with van der Waals surface area (Å²) in [5.74, 6) is 0.0597. The van der Waals surface area contributed by atoms with Gasteiger partial charge in [0.15, 0.2) is 0 Å². The minimum atomic E-state index is -4.78. The van der Waals surface area contributed by atoms with Crippen molar-refractivity contribution in [1.82, 2.24) is 0 Å². The lowest BCUT2D eigenvalue weighted by Gasteiger charge is -2.22. The van der Waals surface area contributed by atoms with Crippen LogP contribution >= 0.6 is 7.82 Å². The van der Waals surface area contributed by atoms with Crippen LogP contribution in [0.5, 0.6) is 5.75 Å². The zero-order valence-electron chi connectivity index (χ0n) is 17.1. The smallest absolute Gasteiger partial charge is 0.403 e. The Morgan fingerprint density at radius 3 is 1.77 bits per heavy atom. The van der Waals surface area contributed by atoms with Crippen molar-refractivity contribution in [3.63, 3.8) is 0 Å². The molecule has 0 radical (unpaired) electrons. The van der Waals surface area contributed by atoms with Gasteiger partial charge in [-0.25, -0.2) is 4.57 Å². The molecule has 0 heterocycles. The van der Waals surface area contributed by atoms with E-state index in [0.717, 1.165) is 27.8 Å². The highest BCUT2D eigenvalue weighted by Crippen LogP contribution is 2.48. The quantitative estimate of drug-likeness (QED) is 0.336. The molecule has 5 heteroatoms. The summed E-state index contributed by atoms with van der Waals surface area (Å²) in [4.78, 5) is 19.4. The monoisotopic (exact) mass is 430 g/mol. The molecule has 0 aliphatic rings. The van der Waals surface area contributed by atoms with Crippen LogP contribution in [-0.4, -0.2) is 9.79 Å². The fraction of sp³-hybridized carbons (Fsp3) is 0.0769. The minimum Gasteiger partial charge on any atom is -0.403 e. The molecule has 1 unspecified atom stereocenters. The Kier molecular flexibility index (Phi) is 6.06. The van der Waals surface area contributed by atoms with E-state index in [0.29, 0.717) is 5.56 Å². The largest absolute Gasteiger partial charge is 0.524 e. The Balaban J connectivity index is 2.01. The first-order valence-corrected chi connectivity index (χ1v) is 11.5. The lowest BCUT2D eigenvalue weighted by molar-refractivity contribution is 0.282. The number of phosphoric ester groups is 1. The average molecular weight is 430 g/mol. The second-order valence-electron chi connectivity index (χ2n) is 7.39. The molecule has 0 fully saturated rings. The lowest BCUT2D eigenvalue weighted by atomic mass is 9.87. The predicted octanol–water partition coefficient (Wildman–Crippen LogP) is 6.64. The second-order valence-corrected chi connectivity index (χ2v) is 8.55. The number of hydrogen-bond acceptors (Lipinski definition) is 2. The van der Waals surface area contributed by atoms with Gasteiger partial charge in [-0.3, -0.25) is 9.79 Å². The molecule has 31 heavy (non-hydrogen) atoms. The molecule has 4 rings (SSSR count). The summed E-state index contributed by atoms with van der Waals surface area (Å²) in [6, 6.07) is 33.2. The first kappa shape index (κ1) is 21.1. The number of benzene rings is 4. The topological polar surface area (TPSA) is 66.8 Å². The molecule has 156 valence electrons. The van der Waals surface area contributed by atoms with E-state index in [4.69, 9.17) is 4.52 Å². The van der Waals surface area contributed by atoms with E-state index in [2.05, 4.69) is 0 Å². The third kappa shape index (κ3) is 4.95. The molecule has 4 aromatic carbocycles. The van der Waals surface area contributed by atoms with E-state index < -0.39 is 7.82 Å². The van der Waals surface area contributed by atoms with Crippen molar-refractivity contribution >= 4 is 7.82 Å². The molecule has 0 saturated heterocycles. The van der Waals surface area contributed by atoms with E-state index in [9.17, 15) is 14.4 Å². The molecule has 0 amide bonds. The number of phosphoric acid groups is 1. The van der Waals surface area contributed by atoms with E-state index in [1.807, 2.05) is 110 Å².